The third kappa shape index (κ3) is 3.07. The van der Waals surface area contributed by atoms with Crippen molar-refractivity contribution in [2.75, 3.05) is 13.4 Å². The topological polar surface area (TPSA) is 76.4 Å². The Bertz CT molecular complexity index is 1040. The highest BCUT2D eigenvalue weighted by Gasteiger charge is 2.17. The smallest absolute Gasteiger partial charge is 0.175 e. The van der Waals surface area contributed by atoms with Crippen LogP contribution in [-0.4, -0.2) is 21.8 Å². The third-order valence-corrected chi connectivity index (χ3v) is 5.57. The minimum absolute atomic E-state index is 0.219. The molecule has 0 bridgehead atoms. The van der Waals surface area contributed by atoms with E-state index in [9.17, 15) is 13.7 Å². The number of hydrogen-bond acceptors (Lipinski definition) is 6. The first-order valence-electron chi connectivity index (χ1n) is 6.91. The number of methoxy groups -OCH3 is 1. The second-order valence-corrected chi connectivity index (χ2v) is 8.15. The molecule has 24 heavy (non-hydrogen) atoms. The summed E-state index contributed by atoms with van der Waals surface area (Å²) in [5.41, 5.74) is 0. The molecule has 0 unspecified atom stereocenters. The van der Waals surface area contributed by atoms with E-state index in [-0.39, 0.29) is 4.90 Å². The number of rotatable bonds is 4. The van der Waals surface area contributed by atoms with Crippen molar-refractivity contribution in [3.05, 3.63) is 47.3 Å². The van der Waals surface area contributed by atoms with E-state index in [0.717, 1.165) is 6.26 Å². The van der Waals surface area contributed by atoms with Gasteiger partial charge in [-0.3, -0.25) is 0 Å². The number of fused-ring (bicyclic) bond motifs is 1. The van der Waals surface area contributed by atoms with Crippen LogP contribution >= 0.6 is 11.3 Å². The van der Waals surface area contributed by atoms with Crippen molar-refractivity contribution in [2.24, 2.45) is 0 Å². The van der Waals surface area contributed by atoms with Crippen molar-refractivity contribution in [1.82, 2.24) is 0 Å². The van der Waals surface area contributed by atoms with Gasteiger partial charge in [0, 0.05) is 16.3 Å². The lowest BCUT2D eigenvalue weighted by atomic mass is 10.2. The van der Waals surface area contributed by atoms with Crippen LogP contribution in [0.2, 0.25) is 0 Å². The zero-order valence-corrected chi connectivity index (χ0v) is 14.6. The lowest BCUT2D eigenvalue weighted by Crippen LogP contribution is -1.95. The van der Waals surface area contributed by atoms with Crippen LogP contribution in [0, 0.1) is 11.3 Å². The molecule has 5 nitrogen and oxygen atoms in total. The van der Waals surface area contributed by atoms with E-state index in [1.54, 1.807) is 43.5 Å². The van der Waals surface area contributed by atoms with E-state index in [4.69, 9.17) is 9.47 Å². The minimum Gasteiger partial charge on any atom is -0.497 e. The molecule has 2 aromatic carbocycles. The Labute approximate surface area is 143 Å². The summed E-state index contributed by atoms with van der Waals surface area (Å²) in [4.78, 5) is 0.614. The fraction of sp³-hybridized carbons (Fsp3) is 0.118. The average Bonchev–Trinajstić information content (AvgIpc) is 2.92. The number of hydrogen-bond donors (Lipinski definition) is 0. The molecule has 1 aromatic heterocycles. The molecule has 7 heteroatoms. The molecule has 0 aliphatic heterocycles. The molecule has 0 N–H and O–H groups in total. The molecular weight excluding hydrogens is 346 g/mol. The number of nitrogens with zero attached hydrogens (tertiary/aromatic N) is 1. The van der Waals surface area contributed by atoms with E-state index >= 15 is 0 Å². The summed E-state index contributed by atoms with van der Waals surface area (Å²) in [6, 6.07) is 13.9. The number of nitriles is 1. The third-order valence-electron chi connectivity index (χ3n) is 3.42. The van der Waals surface area contributed by atoms with Gasteiger partial charge in [0.15, 0.2) is 15.6 Å². The maximum Gasteiger partial charge on any atom is 0.175 e. The van der Waals surface area contributed by atoms with Crippen LogP contribution < -0.4 is 9.47 Å². The van der Waals surface area contributed by atoms with Crippen LogP contribution in [0.1, 0.15) is 4.88 Å². The highest BCUT2D eigenvalue weighted by Crippen LogP contribution is 2.40. The summed E-state index contributed by atoms with van der Waals surface area (Å²) in [6.07, 6.45) is 1.15. The highest BCUT2D eigenvalue weighted by molar-refractivity contribution is 7.90. The van der Waals surface area contributed by atoms with Crippen LogP contribution in [0.15, 0.2) is 47.4 Å². The molecule has 0 aliphatic carbocycles. The summed E-state index contributed by atoms with van der Waals surface area (Å²) in [5, 5.41) is 10.1. The van der Waals surface area contributed by atoms with Gasteiger partial charge in [-0.25, -0.2) is 8.42 Å². The van der Waals surface area contributed by atoms with E-state index in [1.165, 1.54) is 17.4 Å². The van der Waals surface area contributed by atoms with Gasteiger partial charge in [-0.2, -0.15) is 5.26 Å². The summed E-state index contributed by atoms with van der Waals surface area (Å²) < 4.78 is 35.0. The second-order valence-electron chi connectivity index (χ2n) is 5.08. The Kier molecular flexibility index (Phi) is 4.18. The maximum atomic E-state index is 11.7. The average molecular weight is 359 g/mol. The van der Waals surface area contributed by atoms with Crippen LogP contribution in [0.5, 0.6) is 17.2 Å². The standard InChI is InChI=1S/C17H13NO4S2/c1-21-11-3-5-12(6-4-11)22-17-14-8-7-13(24(2,19)20)9-15(14)23-16(17)10-18/h3-9H,1-2H3. The molecule has 0 saturated carbocycles. The van der Waals surface area contributed by atoms with Gasteiger partial charge >= 0.3 is 0 Å². The highest BCUT2D eigenvalue weighted by atomic mass is 32.2. The molecule has 122 valence electrons. The van der Waals surface area contributed by atoms with Gasteiger partial charge in [0.2, 0.25) is 0 Å². The van der Waals surface area contributed by atoms with Gasteiger partial charge in [-0.15, -0.1) is 11.3 Å². The predicted octanol–water partition coefficient (Wildman–Crippen LogP) is 3.98. The van der Waals surface area contributed by atoms with Gasteiger partial charge in [0.25, 0.3) is 0 Å². The monoisotopic (exact) mass is 359 g/mol. The summed E-state index contributed by atoms with van der Waals surface area (Å²) in [7, 11) is -1.72. The quantitative estimate of drug-likeness (QED) is 0.704. The molecule has 3 aromatic rings. The van der Waals surface area contributed by atoms with E-state index < -0.39 is 9.84 Å². The molecule has 3 rings (SSSR count). The van der Waals surface area contributed by atoms with Gasteiger partial charge in [0.05, 0.1) is 12.0 Å². The first-order chi connectivity index (χ1) is 11.4. The lowest BCUT2D eigenvalue weighted by molar-refractivity contribution is 0.413. The second kappa shape index (κ2) is 6.15. The Hall–Kier alpha value is -2.56. The first kappa shape index (κ1) is 16.3. The van der Waals surface area contributed by atoms with Gasteiger partial charge in [0.1, 0.15) is 22.4 Å². The Balaban J connectivity index is 2.07. The summed E-state index contributed by atoms with van der Waals surface area (Å²) >= 11 is 1.21. The predicted molar refractivity (Wildman–Crippen MR) is 92.7 cm³/mol. The maximum absolute atomic E-state index is 11.7. The van der Waals surface area contributed by atoms with Crippen LogP contribution in [-0.2, 0) is 9.84 Å². The Morgan fingerprint density at radius 1 is 1.08 bits per heavy atom. The zero-order chi connectivity index (χ0) is 17.3. The number of thiophene rings is 1. The molecule has 1 heterocycles. The van der Waals surface area contributed by atoms with E-state index in [2.05, 4.69) is 6.07 Å². The summed E-state index contributed by atoms with van der Waals surface area (Å²) in [5.74, 6) is 1.71. The Morgan fingerprint density at radius 2 is 1.75 bits per heavy atom. The van der Waals surface area contributed by atoms with Crippen LogP contribution in [0.3, 0.4) is 0 Å². The van der Waals surface area contributed by atoms with Crippen molar-refractivity contribution in [2.45, 2.75) is 4.90 Å². The number of benzene rings is 2. The van der Waals surface area contributed by atoms with Crippen LogP contribution in [0.4, 0.5) is 0 Å². The fourth-order valence-corrected chi connectivity index (χ4v) is 3.91. The molecular formula is C17H13NO4S2. The van der Waals surface area contributed by atoms with Gasteiger partial charge in [-0.05, 0) is 42.5 Å². The SMILES string of the molecule is COc1ccc(Oc2c(C#N)sc3cc(S(C)(=O)=O)ccc23)cc1. The molecule has 0 fully saturated rings. The Morgan fingerprint density at radius 3 is 2.33 bits per heavy atom. The van der Waals surface area contributed by atoms with Gasteiger partial charge in [-0.1, -0.05) is 0 Å². The zero-order valence-electron chi connectivity index (χ0n) is 12.9. The molecule has 0 aliphatic rings. The van der Waals surface area contributed by atoms with E-state index in [0.29, 0.717) is 32.2 Å². The van der Waals surface area contributed by atoms with Crippen molar-refractivity contribution < 1.29 is 17.9 Å². The van der Waals surface area contributed by atoms with Crippen molar-refractivity contribution in [1.29, 1.82) is 5.26 Å². The number of ether oxygens (including phenoxy) is 2. The van der Waals surface area contributed by atoms with Crippen molar-refractivity contribution >= 4 is 31.3 Å². The van der Waals surface area contributed by atoms with Crippen LogP contribution in [0.25, 0.3) is 10.1 Å². The van der Waals surface area contributed by atoms with Crippen molar-refractivity contribution in [3.63, 3.8) is 0 Å². The molecule has 0 spiro atoms. The van der Waals surface area contributed by atoms with E-state index in [1.807, 2.05) is 0 Å². The molecule has 0 amide bonds. The first-order valence-corrected chi connectivity index (χ1v) is 9.62. The normalized spacial score (nSPS) is 11.2. The largest absolute Gasteiger partial charge is 0.497 e. The lowest BCUT2D eigenvalue weighted by Gasteiger charge is -2.06. The molecule has 0 radical (unpaired) electrons. The summed E-state index contributed by atoms with van der Waals surface area (Å²) in [6.45, 7) is 0. The van der Waals surface area contributed by atoms with Crippen molar-refractivity contribution in [3.8, 4) is 23.3 Å². The number of sulfone groups is 1. The fourth-order valence-electron chi connectivity index (χ4n) is 2.22. The minimum atomic E-state index is -3.30. The molecule has 0 saturated heterocycles. The molecule has 0 atom stereocenters. The van der Waals surface area contributed by atoms with Gasteiger partial charge < -0.3 is 9.47 Å².